The summed E-state index contributed by atoms with van der Waals surface area (Å²) in [4.78, 5) is 38.2. The van der Waals surface area contributed by atoms with Crippen molar-refractivity contribution in [3.63, 3.8) is 0 Å². The molecule has 1 aliphatic rings. The molecule has 7 nitrogen and oxygen atoms in total. The number of hydrogen-bond acceptors (Lipinski definition) is 4. The zero-order valence-corrected chi connectivity index (χ0v) is 17.4. The second kappa shape index (κ2) is 9.91. The molecule has 7 heteroatoms. The third-order valence-corrected chi connectivity index (χ3v) is 5.31. The number of carbonyl (C=O) groups is 3. The van der Waals surface area contributed by atoms with Gasteiger partial charge in [-0.1, -0.05) is 6.92 Å². The van der Waals surface area contributed by atoms with Crippen LogP contribution in [0.1, 0.15) is 40.5 Å². The fourth-order valence-corrected chi connectivity index (χ4v) is 3.36. The molecule has 3 rings (SSSR count). The first-order valence-electron chi connectivity index (χ1n) is 10.2. The SMILES string of the molecule is CNC(=O)c1ccc(NCC(=O)Nc2ccc(C(=O)N3CCC(C)CC3)cc2)cc1. The van der Waals surface area contributed by atoms with E-state index in [9.17, 15) is 14.4 Å². The highest BCUT2D eigenvalue weighted by Crippen LogP contribution is 2.19. The van der Waals surface area contributed by atoms with E-state index in [1.165, 1.54) is 0 Å². The predicted molar refractivity (Wildman–Crippen MR) is 118 cm³/mol. The molecule has 2 aromatic carbocycles. The highest BCUT2D eigenvalue weighted by molar-refractivity contribution is 5.97. The molecule has 2 aromatic rings. The number of amides is 3. The van der Waals surface area contributed by atoms with Gasteiger partial charge in [0.25, 0.3) is 11.8 Å². The van der Waals surface area contributed by atoms with Crippen LogP contribution in [0.2, 0.25) is 0 Å². The van der Waals surface area contributed by atoms with Crippen LogP contribution < -0.4 is 16.0 Å². The summed E-state index contributed by atoms with van der Waals surface area (Å²) in [5.74, 6) is 0.362. The minimum atomic E-state index is -0.200. The van der Waals surface area contributed by atoms with Crippen molar-refractivity contribution >= 4 is 29.1 Å². The van der Waals surface area contributed by atoms with Crippen LogP contribution in [0, 0.1) is 5.92 Å². The van der Waals surface area contributed by atoms with Crippen LogP contribution in [0.4, 0.5) is 11.4 Å². The first-order chi connectivity index (χ1) is 14.5. The second-order valence-electron chi connectivity index (χ2n) is 7.61. The van der Waals surface area contributed by atoms with Gasteiger partial charge in [0.05, 0.1) is 6.54 Å². The summed E-state index contributed by atoms with van der Waals surface area (Å²) < 4.78 is 0. The number of nitrogens with one attached hydrogen (secondary N) is 3. The minimum Gasteiger partial charge on any atom is -0.376 e. The Morgan fingerprint density at radius 1 is 0.900 bits per heavy atom. The number of nitrogens with zero attached hydrogens (tertiary/aromatic N) is 1. The maximum atomic E-state index is 12.6. The molecule has 0 aliphatic carbocycles. The third kappa shape index (κ3) is 5.59. The molecule has 158 valence electrons. The first kappa shape index (κ1) is 21.4. The average Bonchev–Trinajstić information content (AvgIpc) is 2.78. The quantitative estimate of drug-likeness (QED) is 0.685. The van der Waals surface area contributed by atoms with Gasteiger partial charge in [-0.15, -0.1) is 0 Å². The molecule has 0 aromatic heterocycles. The fraction of sp³-hybridized carbons (Fsp3) is 0.348. The van der Waals surface area contributed by atoms with E-state index < -0.39 is 0 Å². The maximum absolute atomic E-state index is 12.6. The summed E-state index contributed by atoms with van der Waals surface area (Å²) in [6.45, 7) is 3.91. The van der Waals surface area contributed by atoms with E-state index in [4.69, 9.17) is 0 Å². The summed E-state index contributed by atoms with van der Waals surface area (Å²) in [6, 6.07) is 13.9. The summed E-state index contributed by atoms with van der Waals surface area (Å²) in [6.07, 6.45) is 2.09. The van der Waals surface area contributed by atoms with Crippen molar-refractivity contribution in [2.24, 2.45) is 5.92 Å². The highest BCUT2D eigenvalue weighted by Gasteiger charge is 2.21. The Hall–Kier alpha value is -3.35. The molecule has 1 saturated heterocycles. The molecule has 0 atom stereocenters. The third-order valence-electron chi connectivity index (χ3n) is 5.31. The number of carbonyl (C=O) groups excluding carboxylic acids is 3. The lowest BCUT2D eigenvalue weighted by Gasteiger charge is -2.30. The topological polar surface area (TPSA) is 90.5 Å². The summed E-state index contributed by atoms with van der Waals surface area (Å²) in [5, 5.41) is 8.39. The van der Waals surface area contributed by atoms with E-state index in [2.05, 4.69) is 22.9 Å². The minimum absolute atomic E-state index is 0.0432. The van der Waals surface area contributed by atoms with E-state index in [0.717, 1.165) is 31.6 Å². The molecule has 3 N–H and O–H groups in total. The van der Waals surface area contributed by atoms with E-state index in [1.54, 1.807) is 55.6 Å². The predicted octanol–water partition coefficient (Wildman–Crippen LogP) is 2.97. The Balaban J connectivity index is 1.48. The molecule has 0 spiro atoms. The van der Waals surface area contributed by atoms with Gasteiger partial charge in [-0.05, 0) is 67.3 Å². The number of benzene rings is 2. The molecule has 0 bridgehead atoms. The Labute approximate surface area is 176 Å². The van der Waals surface area contributed by atoms with Crippen LogP contribution in [-0.4, -0.2) is 49.3 Å². The molecule has 30 heavy (non-hydrogen) atoms. The standard InChI is InChI=1S/C23H28N4O3/c1-16-11-13-27(14-12-16)23(30)18-5-9-20(10-6-18)26-21(28)15-25-19-7-3-17(4-8-19)22(29)24-2/h3-10,16,25H,11-15H2,1-2H3,(H,24,29)(H,26,28). The largest absolute Gasteiger partial charge is 0.376 e. The van der Waals surface area contributed by atoms with E-state index in [1.807, 2.05) is 4.90 Å². The lowest BCUT2D eigenvalue weighted by Crippen LogP contribution is -2.37. The Morgan fingerprint density at radius 3 is 2.07 bits per heavy atom. The normalized spacial score (nSPS) is 14.1. The van der Waals surface area contributed by atoms with Crippen LogP contribution in [-0.2, 0) is 4.79 Å². The molecule has 0 radical (unpaired) electrons. The summed E-state index contributed by atoms with van der Waals surface area (Å²) in [7, 11) is 1.58. The Bertz CT molecular complexity index is 886. The summed E-state index contributed by atoms with van der Waals surface area (Å²) in [5.41, 5.74) is 2.58. The molecule has 0 unspecified atom stereocenters. The Morgan fingerprint density at radius 2 is 1.47 bits per heavy atom. The van der Waals surface area contributed by atoms with E-state index in [-0.39, 0.29) is 24.3 Å². The fourth-order valence-electron chi connectivity index (χ4n) is 3.36. The van der Waals surface area contributed by atoms with Crippen molar-refractivity contribution in [3.8, 4) is 0 Å². The van der Waals surface area contributed by atoms with Crippen molar-refractivity contribution in [2.75, 3.05) is 37.3 Å². The van der Waals surface area contributed by atoms with Crippen molar-refractivity contribution in [1.29, 1.82) is 0 Å². The van der Waals surface area contributed by atoms with Crippen molar-refractivity contribution in [3.05, 3.63) is 59.7 Å². The van der Waals surface area contributed by atoms with Gasteiger partial charge in [0, 0.05) is 42.6 Å². The molecular weight excluding hydrogens is 380 g/mol. The zero-order chi connectivity index (χ0) is 21.5. The monoisotopic (exact) mass is 408 g/mol. The van der Waals surface area contributed by atoms with Crippen LogP contribution in [0.5, 0.6) is 0 Å². The van der Waals surface area contributed by atoms with Crippen molar-refractivity contribution in [1.82, 2.24) is 10.2 Å². The van der Waals surface area contributed by atoms with E-state index >= 15 is 0 Å². The van der Waals surface area contributed by atoms with Gasteiger partial charge < -0.3 is 20.9 Å². The van der Waals surface area contributed by atoms with Gasteiger partial charge in [-0.3, -0.25) is 14.4 Å². The van der Waals surface area contributed by atoms with Crippen LogP contribution in [0.3, 0.4) is 0 Å². The number of likely N-dealkylation sites (tertiary alicyclic amines) is 1. The molecule has 0 saturated carbocycles. The van der Waals surface area contributed by atoms with Gasteiger partial charge in [0.15, 0.2) is 0 Å². The van der Waals surface area contributed by atoms with E-state index in [0.29, 0.717) is 22.7 Å². The molecule has 1 heterocycles. The molecule has 1 fully saturated rings. The number of hydrogen-bond donors (Lipinski definition) is 3. The smallest absolute Gasteiger partial charge is 0.253 e. The maximum Gasteiger partial charge on any atom is 0.253 e. The van der Waals surface area contributed by atoms with Crippen molar-refractivity contribution < 1.29 is 14.4 Å². The highest BCUT2D eigenvalue weighted by atomic mass is 16.2. The Kier molecular flexibility index (Phi) is 7.06. The van der Waals surface area contributed by atoms with Crippen LogP contribution in [0.15, 0.2) is 48.5 Å². The number of rotatable bonds is 6. The van der Waals surface area contributed by atoms with Gasteiger partial charge >= 0.3 is 0 Å². The molecule has 1 aliphatic heterocycles. The summed E-state index contributed by atoms with van der Waals surface area (Å²) >= 11 is 0. The number of piperidine rings is 1. The van der Waals surface area contributed by atoms with Gasteiger partial charge in [0.1, 0.15) is 0 Å². The lowest BCUT2D eigenvalue weighted by molar-refractivity contribution is -0.114. The van der Waals surface area contributed by atoms with Crippen LogP contribution >= 0.6 is 0 Å². The van der Waals surface area contributed by atoms with Crippen molar-refractivity contribution in [2.45, 2.75) is 19.8 Å². The molecule has 3 amide bonds. The van der Waals surface area contributed by atoms with Gasteiger partial charge in [-0.25, -0.2) is 0 Å². The van der Waals surface area contributed by atoms with Crippen LogP contribution in [0.25, 0.3) is 0 Å². The average molecular weight is 409 g/mol. The van der Waals surface area contributed by atoms with Gasteiger partial charge in [-0.2, -0.15) is 0 Å². The zero-order valence-electron chi connectivity index (χ0n) is 17.4. The second-order valence-corrected chi connectivity index (χ2v) is 7.61. The first-order valence-corrected chi connectivity index (χ1v) is 10.2. The molecular formula is C23H28N4O3. The number of anilines is 2. The van der Waals surface area contributed by atoms with Gasteiger partial charge in [0.2, 0.25) is 5.91 Å². The lowest BCUT2D eigenvalue weighted by atomic mass is 9.98.